The molecule has 2 heterocycles. The van der Waals surface area contributed by atoms with E-state index in [-0.39, 0.29) is 6.61 Å². The molecule has 0 aromatic carbocycles. The number of aliphatic hydroxyl groups excluding tert-OH is 2. The first-order chi connectivity index (χ1) is 9.54. The number of hydrogen-bond donors (Lipinski definition) is 3. The van der Waals surface area contributed by atoms with E-state index in [0.717, 1.165) is 16.2 Å². The first kappa shape index (κ1) is 14.8. The van der Waals surface area contributed by atoms with Crippen LogP contribution in [-0.4, -0.2) is 50.2 Å². The lowest BCUT2D eigenvalue weighted by molar-refractivity contribution is -0.240. The third-order valence-corrected chi connectivity index (χ3v) is 2.88. The summed E-state index contributed by atoms with van der Waals surface area (Å²) in [5.74, 6) is 0. The van der Waals surface area contributed by atoms with Crippen molar-refractivity contribution in [3.63, 3.8) is 0 Å². The molecular weight excluding hydrogens is 292 g/mol. The topological polar surface area (TPSA) is 123 Å². The van der Waals surface area contributed by atoms with Crippen LogP contribution in [-0.2, 0) is 14.5 Å². The van der Waals surface area contributed by atoms with Gasteiger partial charge in [0.2, 0.25) is 0 Å². The number of aromatic nitrogens is 2. The third-order valence-electron chi connectivity index (χ3n) is 2.80. The second kappa shape index (κ2) is 6.24. The van der Waals surface area contributed by atoms with Crippen molar-refractivity contribution in [1.29, 1.82) is 0 Å². The monoisotopic (exact) mass is 304 g/mol. The van der Waals surface area contributed by atoms with Crippen LogP contribution in [0.5, 0.6) is 0 Å². The highest BCUT2D eigenvalue weighted by atomic mass is 32.1. The molecule has 0 radical (unpaired) electrons. The lowest BCUT2D eigenvalue weighted by Crippen LogP contribution is -2.37. The minimum absolute atomic E-state index is 0.194. The molecule has 20 heavy (non-hydrogen) atoms. The molecule has 1 aliphatic rings. The van der Waals surface area contributed by atoms with Crippen molar-refractivity contribution in [2.75, 3.05) is 6.61 Å². The van der Waals surface area contributed by atoms with Gasteiger partial charge in [-0.15, -0.1) is 0 Å². The van der Waals surface area contributed by atoms with E-state index in [1.54, 1.807) is 0 Å². The summed E-state index contributed by atoms with van der Waals surface area (Å²) in [6.07, 6.45) is -3.54. The Bertz CT molecular complexity index is 585. The van der Waals surface area contributed by atoms with Gasteiger partial charge in [-0.25, -0.2) is 4.79 Å². The largest absolute Gasteiger partial charge is 0.387 e. The maximum atomic E-state index is 11.6. The Balaban J connectivity index is 2.15. The number of nitrogens with zero attached hydrogens (tertiary/aromatic N) is 1. The number of H-pyrrole nitrogens is 1. The molecule has 2 rings (SSSR count). The first-order valence-corrected chi connectivity index (χ1v) is 6.06. The van der Waals surface area contributed by atoms with Crippen LogP contribution >= 0.6 is 12.2 Å². The Hall–Kier alpha value is -1.59. The fourth-order valence-corrected chi connectivity index (χ4v) is 1.91. The zero-order valence-corrected chi connectivity index (χ0v) is 10.9. The van der Waals surface area contributed by atoms with Gasteiger partial charge >= 0.3 is 5.69 Å². The van der Waals surface area contributed by atoms with Crippen molar-refractivity contribution in [2.45, 2.75) is 24.5 Å². The predicted molar refractivity (Wildman–Crippen MR) is 67.9 cm³/mol. The van der Waals surface area contributed by atoms with E-state index in [9.17, 15) is 19.8 Å². The van der Waals surface area contributed by atoms with Gasteiger partial charge in [-0.05, 0) is 12.2 Å². The fraction of sp³-hybridized carbons (Fsp3) is 0.500. The minimum atomic E-state index is -1.36. The van der Waals surface area contributed by atoms with Gasteiger partial charge in [0.25, 0.3) is 5.56 Å². The van der Waals surface area contributed by atoms with E-state index in [2.05, 4.69) is 22.0 Å². The van der Waals surface area contributed by atoms with Crippen molar-refractivity contribution < 1.29 is 24.7 Å². The van der Waals surface area contributed by atoms with E-state index in [4.69, 9.17) is 4.74 Å². The number of nitrogens with one attached hydrogen (secondary N) is 1. The zero-order valence-electron chi connectivity index (χ0n) is 10.0. The van der Waals surface area contributed by atoms with Crippen LogP contribution in [0.4, 0.5) is 0 Å². The molecule has 110 valence electrons. The SMILES string of the molecule is O=c1ccn([C@@H]2O[C@H](COOC=S)[C@@H](O)[C@H]2O)c(=O)[nH]1. The summed E-state index contributed by atoms with van der Waals surface area (Å²) in [4.78, 5) is 33.6. The van der Waals surface area contributed by atoms with Gasteiger partial charge in [-0.3, -0.25) is 14.3 Å². The Morgan fingerprint density at radius 2 is 2.20 bits per heavy atom. The second-order valence-electron chi connectivity index (χ2n) is 4.04. The third kappa shape index (κ3) is 2.94. The van der Waals surface area contributed by atoms with Crippen LogP contribution < -0.4 is 11.2 Å². The van der Waals surface area contributed by atoms with Gasteiger partial charge in [0.05, 0.1) is 0 Å². The van der Waals surface area contributed by atoms with E-state index < -0.39 is 35.8 Å². The molecule has 0 amide bonds. The Labute approximate surface area is 117 Å². The Morgan fingerprint density at radius 3 is 2.85 bits per heavy atom. The average Bonchev–Trinajstić information content (AvgIpc) is 2.68. The van der Waals surface area contributed by atoms with Crippen LogP contribution in [0.25, 0.3) is 0 Å². The molecule has 1 aliphatic heterocycles. The van der Waals surface area contributed by atoms with E-state index in [0.29, 0.717) is 0 Å². The van der Waals surface area contributed by atoms with Gasteiger partial charge in [-0.2, -0.15) is 4.89 Å². The number of rotatable bonds is 5. The molecule has 0 unspecified atom stereocenters. The summed E-state index contributed by atoms with van der Waals surface area (Å²) in [5.41, 5.74) is -0.458. The highest BCUT2D eigenvalue weighted by Crippen LogP contribution is 2.28. The van der Waals surface area contributed by atoms with Crippen molar-refractivity contribution in [1.82, 2.24) is 9.55 Å². The van der Waals surface area contributed by atoms with Crippen LogP contribution in [0, 0.1) is 0 Å². The van der Waals surface area contributed by atoms with Gasteiger partial charge in [-0.1, -0.05) is 0 Å². The van der Waals surface area contributed by atoms with E-state index in [1.165, 1.54) is 6.20 Å². The molecular formula is C10H12N2O7S. The Kier molecular flexibility index (Phi) is 4.62. The lowest BCUT2D eigenvalue weighted by Gasteiger charge is -2.16. The molecule has 0 aliphatic carbocycles. The molecule has 1 saturated heterocycles. The normalized spacial score (nSPS) is 29.3. The van der Waals surface area contributed by atoms with Crippen LogP contribution in [0.15, 0.2) is 21.9 Å². The van der Waals surface area contributed by atoms with Crippen LogP contribution in [0.1, 0.15) is 6.23 Å². The van der Waals surface area contributed by atoms with Gasteiger partial charge < -0.3 is 19.8 Å². The average molecular weight is 304 g/mol. The molecule has 1 aromatic rings. The van der Waals surface area contributed by atoms with Gasteiger partial charge in [0.1, 0.15) is 24.9 Å². The van der Waals surface area contributed by atoms with Crippen molar-refractivity contribution >= 4 is 17.8 Å². The molecule has 0 bridgehead atoms. The van der Waals surface area contributed by atoms with Crippen LogP contribution in [0.3, 0.4) is 0 Å². The summed E-state index contributed by atoms with van der Waals surface area (Å²) >= 11 is 4.37. The number of thiocarbonyl (C=S) groups is 1. The molecule has 10 heteroatoms. The fourth-order valence-electron chi connectivity index (χ4n) is 1.86. The molecule has 3 N–H and O–H groups in total. The first-order valence-electron chi connectivity index (χ1n) is 5.59. The van der Waals surface area contributed by atoms with Gasteiger partial charge in [0.15, 0.2) is 11.8 Å². The summed E-state index contributed by atoms with van der Waals surface area (Å²) in [5, 5.41) is 19.7. The standard InChI is InChI=1S/C10H12N2O7S/c13-6-1-2-12(10(16)11-6)9-8(15)7(14)5(19-9)3-17-18-4-20/h1-2,4-5,7-9,14-15H,3H2,(H,11,13,16)/t5-,7-,8-,9-/m1/s1. The van der Waals surface area contributed by atoms with Gasteiger partial charge in [0, 0.05) is 12.3 Å². The maximum absolute atomic E-state index is 11.6. The summed E-state index contributed by atoms with van der Waals surface area (Å²) < 4.78 is 6.29. The summed E-state index contributed by atoms with van der Waals surface area (Å²) in [7, 11) is 0. The molecule has 0 saturated carbocycles. The second-order valence-corrected chi connectivity index (χ2v) is 4.23. The summed E-state index contributed by atoms with van der Waals surface area (Å²) in [6.45, 7) is -0.194. The van der Waals surface area contributed by atoms with Crippen molar-refractivity contribution in [2.24, 2.45) is 0 Å². The molecule has 1 aromatic heterocycles. The van der Waals surface area contributed by atoms with Crippen molar-refractivity contribution in [3.05, 3.63) is 33.1 Å². The molecule has 1 fully saturated rings. The number of aliphatic hydroxyl groups is 2. The highest BCUT2D eigenvalue weighted by molar-refractivity contribution is 7.78. The molecule has 9 nitrogen and oxygen atoms in total. The molecule has 4 atom stereocenters. The van der Waals surface area contributed by atoms with Crippen molar-refractivity contribution in [3.8, 4) is 0 Å². The van der Waals surface area contributed by atoms with E-state index in [1.807, 2.05) is 4.98 Å². The van der Waals surface area contributed by atoms with Crippen LogP contribution in [0.2, 0.25) is 0 Å². The molecule has 0 spiro atoms. The zero-order chi connectivity index (χ0) is 14.7. The Morgan fingerprint density at radius 1 is 1.45 bits per heavy atom. The lowest BCUT2D eigenvalue weighted by atomic mass is 10.1. The number of aromatic amines is 1. The summed E-state index contributed by atoms with van der Waals surface area (Å²) in [6, 6.07) is 1.10. The minimum Gasteiger partial charge on any atom is -0.387 e. The quantitative estimate of drug-likeness (QED) is 0.248. The number of ether oxygens (including phenoxy) is 1. The highest BCUT2D eigenvalue weighted by Gasteiger charge is 2.44. The smallest absolute Gasteiger partial charge is 0.330 e. The predicted octanol–water partition coefficient (Wildman–Crippen LogP) is -1.94. The maximum Gasteiger partial charge on any atom is 0.330 e. The number of hydrogen-bond acceptors (Lipinski definition) is 8. The van der Waals surface area contributed by atoms with E-state index >= 15 is 0 Å².